The van der Waals surface area contributed by atoms with Crippen LogP contribution in [0.5, 0.6) is 0 Å². The fraction of sp³-hybridized carbons (Fsp3) is 0.0588. The van der Waals surface area contributed by atoms with Gasteiger partial charge in [0, 0.05) is 0 Å². The first-order chi connectivity index (χ1) is 8.72. The Morgan fingerprint density at radius 2 is 1.61 bits per heavy atom. The van der Waals surface area contributed by atoms with Gasteiger partial charge in [-0.1, -0.05) is 73.8 Å². The first kappa shape index (κ1) is 12.7. The summed E-state index contributed by atoms with van der Waals surface area (Å²) in [7, 11) is 0. The molecule has 0 nitrogen and oxygen atoms in total. The first-order valence-electron chi connectivity index (χ1n) is 5.83. The zero-order valence-corrected chi connectivity index (χ0v) is 10.9. The molecular weight excluding hydrogens is 240 g/mol. The molecule has 1 unspecified atom stereocenters. The van der Waals surface area contributed by atoms with Gasteiger partial charge in [0.25, 0.3) is 0 Å². The lowest BCUT2D eigenvalue weighted by atomic mass is 9.98. The third-order valence-corrected chi connectivity index (χ3v) is 3.43. The Morgan fingerprint density at radius 1 is 1.00 bits per heavy atom. The van der Waals surface area contributed by atoms with Gasteiger partial charge in [-0.15, -0.1) is 11.6 Å². The monoisotopic (exact) mass is 254 g/mol. The number of halogens is 1. The molecule has 2 aromatic rings. The van der Waals surface area contributed by atoms with E-state index in [-0.39, 0.29) is 5.38 Å². The molecule has 0 bridgehead atoms. The fourth-order valence-electron chi connectivity index (χ4n) is 1.80. The minimum absolute atomic E-state index is 0.194. The molecule has 0 heterocycles. The highest BCUT2D eigenvalue weighted by molar-refractivity contribution is 6.26. The maximum absolute atomic E-state index is 6.45. The highest BCUT2D eigenvalue weighted by atomic mass is 35.5. The summed E-state index contributed by atoms with van der Waals surface area (Å²) in [4.78, 5) is 0. The van der Waals surface area contributed by atoms with E-state index in [9.17, 15) is 0 Å². The smallest absolute Gasteiger partial charge is 0.0835 e. The predicted molar refractivity (Wildman–Crippen MR) is 80.6 cm³/mol. The Hall–Kier alpha value is -1.79. The van der Waals surface area contributed by atoms with Gasteiger partial charge in [0.1, 0.15) is 0 Å². The Kier molecular flexibility index (Phi) is 4.01. The lowest BCUT2D eigenvalue weighted by Gasteiger charge is -2.13. The standard InChI is InChI=1S/C17H15Cl/c1-3-14-9-11-15(12-10-14)13(2)17(18)16-7-5-4-6-8-16/h3-12,17H,1-2H2. The average Bonchev–Trinajstić information content (AvgIpc) is 2.47. The van der Waals surface area contributed by atoms with Crippen molar-refractivity contribution in [1.29, 1.82) is 0 Å². The predicted octanol–water partition coefficient (Wildman–Crippen LogP) is 5.32. The van der Waals surface area contributed by atoms with Crippen molar-refractivity contribution in [2.24, 2.45) is 0 Å². The van der Waals surface area contributed by atoms with Crippen LogP contribution in [0.25, 0.3) is 11.6 Å². The van der Waals surface area contributed by atoms with Crippen molar-refractivity contribution in [1.82, 2.24) is 0 Å². The normalized spacial score (nSPS) is 11.8. The van der Waals surface area contributed by atoms with Gasteiger partial charge >= 0.3 is 0 Å². The van der Waals surface area contributed by atoms with Gasteiger partial charge in [-0.05, 0) is 22.3 Å². The molecule has 0 aliphatic rings. The summed E-state index contributed by atoms with van der Waals surface area (Å²) in [6.45, 7) is 7.84. The largest absolute Gasteiger partial charge is 0.113 e. The zero-order chi connectivity index (χ0) is 13.0. The summed E-state index contributed by atoms with van der Waals surface area (Å²) in [5.74, 6) is 0. The van der Waals surface area contributed by atoms with Crippen LogP contribution in [0.1, 0.15) is 22.1 Å². The van der Waals surface area contributed by atoms with Crippen LogP contribution < -0.4 is 0 Å². The van der Waals surface area contributed by atoms with Gasteiger partial charge in [0.15, 0.2) is 0 Å². The van der Waals surface area contributed by atoms with Crippen LogP contribution in [-0.4, -0.2) is 0 Å². The van der Waals surface area contributed by atoms with Gasteiger partial charge in [-0.2, -0.15) is 0 Å². The Labute approximate surface area is 113 Å². The van der Waals surface area contributed by atoms with E-state index in [2.05, 4.69) is 13.2 Å². The van der Waals surface area contributed by atoms with Crippen molar-refractivity contribution in [2.75, 3.05) is 0 Å². The van der Waals surface area contributed by atoms with E-state index in [1.807, 2.05) is 60.7 Å². The molecule has 0 saturated heterocycles. The van der Waals surface area contributed by atoms with Crippen molar-refractivity contribution >= 4 is 23.3 Å². The average molecular weight is 255 g/mol. The molecule has 0 N–H and O–H groups in total. The van der Waals surface area contributed by atoms with Gasteiger partial charge < -0.3 is 0 Å². The molecule has 0 aromatic heterocycles. The van der Waals surface area contributed by atoms with Crippen LogP contribution >= 0.6 is 11.6 Å². The lowest BCUT2D eigenvalue weighted by molar-refractivity contribution is 1.23. The molecule has 0 spiro atoms. The summed E-state index contributed by atoms with van der Waals surface area (Å²) >= 11 is 6.45. The molecule has 1 atom stereocenters. The number of rotatable bonds is 4. The lowest BCUT2D eigenvalue weighted by Crippen LogP contribution is -1.93. The highest BCUT2D eigenvalue weighted by Crippen LogP contribution is 2.34. The molecule has 2 rings (SSSR count). The zero-order valence-electron chi connectivity index (χ0n) is 10.1. The van der Waals surface area contributed by atoms with Crippen molar-refractivity contribution in [3.05, 3.63) is 84.4 Å². The van der Waals surface area contributed by atoms with Gasteiger partial charge in [0.2, 0.25) is 0 Å². The second kappa shape index (κ2) is 5.70. The Morgan fingerprint density at radius 3 is 2.17 bits per heavy atom. The minimum Gasteiger partial charge on any atom is -0.113 e. The van der Waals surface area contributed by atoms with Crippen molar-refractivity contribution in [3.8, 4) is 0 Å². The molecule has 1 heteroatoms. The number of allylic oxidation sites excluding steroid dienone is 1. The van der Waals surface area contributed by atoms with Crippen molar-refractivity contribution < 1.29 is 0 Å². The summed E-state index contributed by atoms with van der Waals surface area (Å²) in [6, 6.07) is 18.1. The molecule has 90 valence electrons. The molecule has 0 aliphatic carbocycles. The van der Waals surface area contributed by atoms with E-state index in [0.717, 1.165) is 22.3 Å². The van der Waals surface area contributed by atoms with Gasteiger partial charge in [0.05, 0.1) is 5.38 Å². The Balaban J connectivity index is 2.23. The molecular formula is C17H15Cl. The summed E-state index contributed by atoms with van der Waals surface area (Å²) in [5, 5.41) is -0.194. The maximum Gasteiger partial charge on any atom is 0.0835 e. The van der Waals surface area contributed by atoms with Crippen molar-refractivity contribution in [2.45, 2.75) is 5.38 Å². The van der Waals surface area contributed by atoms with E-state index >= 15 is 0 Å². The first-order valence-corrected chi connectivity index (χ1v) is 6.26. The van der Waals surface area contributed by atoms with E-state index in [1.54, 1.807) is 0 Å². The number of benzene rings is 2. The summed E-state index contributed by atoms with van der Waals surface area (Å²) in [6.07, 6.45) is 1.82. The third-order valence-electron chi connectivity index (χ3n) is 2.92. The molecule has 0 radical (unpaired) electrons. The van der Waals surface area contributed by atoms with Gasteiger partial charge in [-0.25, -0.2) is 0 Å². The van der Waals surface area contributed by atoms with Gasteiger partial charge in [-0.3, -0.25) is 0 Å². The minimum atomic E-state index is -0.194. The molecule has 0 aliphatic heterocycles. The van der Waals surface area contributed by atoms with E-state index in [0.29, 0.717) is 0 Å². The van der Waals surface area contributed by atoms with Crippen LogP contribution in [0.4, 0.5) is 0 Å². The third kappa shape index (κ3) is 2.72. The maximum atomic E-state index is 6.45. The Bertz CT molecular complexity index is 538. The number of hydrogen-bond donors (Lipinski definition) is 0. The molecule has 0 fully saturated rings. The van der Waals surface area contributed by atoms with Crippen LogP contribution in [-0.2, 0) is 0 Å². The summed E-state index contributed by atoms with van der Waals surface area (Å²) in [5.41, 5.74) is 4.14. The van der Waals surface area contributed by atoms with Crippen LogP contribution in [0.15, 0.2) is 67.8 Å². The molecule has 0 amide bonds. The van der Waals surface area contributed by atoms with E-state index in [1.165, 1.54) is 0 Å². The molecule has 2 aromatic carbocycles. The van der Waals surface area contributed by atoms with Crippen molar-refractivity contribution in [3.63, 3.8) is 0 Å². The second-order valence-electron chi connectivity index (χ2n) is 4.12. The second-order valence-corrected chi connectivity index (χ2v) is 4.56. The van der Waals surface area contributed by atoms with Crippen LogP contribution in [0.3, 0.4) is 0 Å². The topological polar surface area (TPSA) is 0 Å². The molecule has 18 heavy (non-hydrogen) atoms. The summed E-state index contributed by atoms with van der Waals surface area (Å²) < 4.78 is 0. The number of hydrogen-bond acceptors (Lipinski definition) is 0. The fourth-order valence-corrected chi connectivity index (χ4v) is 2.07. The van der Waals surface area contributed by atoms with E-state index < -0.39 is 0 Å². The highest BCUT2D eigenvalue weighted by Gasteiger charge is 2.12. The SMILES string of the molecule is C=Cc1ccc(C(=C)C(Cl)c2ccccc2)cc1. The number of alkyl halides is 1. The molecule has 0 saturated carbocycles. The van der Waals surface area contributed by atoms with Crippen LogP contribution in [0.2, 0.25) is 0 Å². The quantitative estimate of drug-likeness (QED) is 0.648. The van der Waals surface area contributed by atoms with E-state index in [4.69, 9.17) is 11.6 Å². The van der Waals surface area contributed by atoms with Crippen LogP contribution in [0, 0.1) is 0 Å².